The Bertz CT molecular complexity index is 1580. The van der Waals surface area contributed by atoms with Gasteiger partial charge in [-0.2, -0.15) is 0 Å². The van der Waals surface area contributed by atoms with Gasteiger partial charge in [0.25, 0.3) is 5.91 Å². The summed E-state index contributed by atoms with van der Waals surface area (Å²) >= 11 is 0. The van der Waals surface area contributed by atoms with E-state index in [1.54, 1.807) is 36.4 Å². The highest BCUT2D eigenvalue weighted by Gasteiger charge is 2.13. The Hall–Kier alpha value is -5.24. The van der Waals surface area contributed by atoms with E-state index in [4.69, 9.17) is 19.6 Å². The van der Waals surface area contributed by atoms with Crippen LogP contribution in [0, 0.1) is 0 Å². The first-order chi connectivity index (χ1) is 19.6. The van der Waals surface area contributed by atoms with Crippen molar-refractivity contribution in [3.63, 3.8) is 0 Å². The second-order valence-corrected chi connectivity index (χ2v) is 9.13. The second-order valence-electron chi connectivity index (χ2n) is 9.13. The minimum Gasteiger partial charge on any atom is -0.494 e. The van der Waals surface area contributed by atoms with Gasteiger partial charge >= 0.3 is 0 Å². The SMILES string of the molecule is Nc1ccccc1NC(=O)c1ccc(OCCCN(C=O)c2cc3ccc(COc4ccccc4)cc3o2)cc1. The lowest BCUT2D eigenvalue weighted by molar-refractivity contribution is -0.107. The third-order valence-electron chi connectivity index (χ3n) is 6.27. The molecule has 0 spiro atoms. The summed E-state index contributed by atoms with van der Waals surface area (Å²) < 4.78 is 17.6. The molecule has 4 aromatic carbocycles. The Morgan fingerprint density at radius 3 is 2.40 bits per heavy atom. The van der Waals surface area contributed by atoms with Crippen LogP contribution in [0.3, 0.4) is 0 Å². The van der Waals surface area contributed by atoms with E-state index in [1.165, 1.54) is 4.90 Å². The van der Waals surface area contributed by atoms with Gasteiger partial charge in [-0.3, -0.25) is 14.5 Å². The van der Waals surface area contributed by atoms with Gasteiger partial charge in [-0.25, -0.2) is 0 Å². The maximum Gasteiger partial charge on any atom is 0.255 e. The van der Waals surface area contributed by atoms with Crippen molar-refractivity contribution in [2.24, 2.45) is 0 Å². The first-order valence-corrected chi connectivity index (χ1v) is 12.9. The molecule has 0 saturated carbocycles. The molecule has 1 heterocycles. The number of nitrogens with two attached hydrogens (primary N) is 1. The lowest BCUT2D eigenvalue weighted by Crippen LogP contribution is -2.23. The van der Waals surface area contributed by atoms with Crippen LogP contribution in [0.15, 0.2) is 108 Å². The molecular weight excluding hydrogens is 506 g/mol. The Morgan fingerprint density at radius 2 is 1.62 bits per heavy atom. The molecule has 1 aromatic heterocycles. The van der Waals surface area contributed by atoms with Gasteiger partial charge in [-0.05, 0) is 66.6 Å². The highest BCUT2D eigenvalue weighted by Crippen LogP contribution is 2.27. The fraction of sp³-hybridized carbons (Fsp3) is 0.125. The number of carbonyl (C=O) groups excluding carboxylic acids is 2. The van der Waals surface area contributed by atoms with Crippen molar-refractivity contribution >= 4 is 40.5 Å². The van der Waals surface area contributed by atoms with Crippen LogP contribution in [0.25, 0.3) is 11.0 Å². The number of carbonyl (C=O) groups is 2. The van der Waals surface area contributed by atoms with Gasteiger partial charge in [0, 0.05) is 23.6 Å². The number of rotatable bonds is 12. The fourth-order valence-corrected chi connectivity index (χ4v) is 4.12. The number of hydrogen-bond acceptors (Lipinski definition) is 6. The molecule has 0 bridgehead atoms. The van der Waals surface area contributed by atoms with Crippen molar-refractivity contribution in [2.75, 3.05) is 29.1 Å². The van der Waals surface area contributed by atoms with Gasteiger partial charge < -0.3 is 24.9 Å². The number of fused-ring (bicyclic) bond motifs is 1. The topological polar surface area (TPSA) is 107 Å². The van der Waals surface area contributed by atoms with E-state index in [0.717, 1.165) is 23.1 Å². The number of nitrogens with zero attached hydrogens (tertiary/aromatic N) is 1. The van der Waals surface area contributed by atoms with Crippen molar-refractivity contribution in [2.45, 2.75) is 13.0 Å². The molecule has 5 aromatic rings. The van der Waals surface area contributed by atoms with Crippen LogP contribution in [0.5, 0.6) is 11.5 Å². The first kappa shape index (κ1) is 26.4. The summed E-state index contributed by atoms with van der Waals surface area (Å²) in [6.07, 6.45) is 1.34. The predicted octanol–water partition coefficient (Wildman–Crippen LogP) is 6.28. The summed E-state index contributed by atoms with van der Waals surface area (Å²) in [7, 11) is 0. The number of ether oxygens (including phenoxy) is 2. The molecule has 0 atom stereocenters. The zero-order chi connectivity index (χ0) is 27.7. The number of amides is 2. The first-order valence-electron chi connectivity index (χ1n) is 12.9. The zero-order valence-corrected chi connectivity index (χ0v) is 21.8. The summed E-state index contributed by atoms with van der Waals surface area (Å²) in [4.78, 5) is 25.8. The molecule has 3 N–H and O–H groups in total. The number of furan rings is 1. The van der Waals surface area contributed by atoms with Crippen LogP contribution >= 0.6 is 0 Å². The Labute approximate surface area is 231 Å². The Kier molecular flexibility index (Phi) is 8.26. The molecule has 8 heteroatoms. The smallest absolute Gasteiger partial charge is 0.255 e. The van der Waals surface area contributed by atoms with E-state index in [1.807, 2.05) is 66.7 Å². The highest BCUT2D eigenvalue weighted by atomic mass is 16.5. The molecule has 2 amide bonds. The quantitative estimate of drug-likeness (QED) is 0.111. The molecular formula is C32H29N3O5. The van der Waals surface area contributed by atoms with Crippen LogP contribution < -0.4 is 25.4 Å². The van der Waals surface area contributed by atoms with E-state index in [9.17, 15) is 9.59 Å². The number of hydrogen-bond donors (Lipinski definition) is 2. The number of nitrogens with one attached hydrogen (secondary N) is 1. The van der Waals surface area contributed by atoms with E-state index < -0.39 is 0 Å². The van der Waals surface area contributed by atoms with E-state index in [-0.39, 0.29) is 5.91 Å². The van der Waals surface area contributed by atoms with Crippen LogP contribution in [0.1, 0.15) is 22.3 Å². The molecule has 0 aliphatic heterocycles. The molecule has 0 aliphatic rings. The van der Waals surface area contributed by atoms with E-state index in [0.29, 0.717) is 60.3 Å². The third-order valence-corrected chi connectivity index (χ3v) is 6.27. The lowest BCUT2D eigenvalue weighted by atomic mass is 10.2. The van der Waals surface area contributed by atoms with Gasteiger partial charge in [-0.1, -0.05) is 42.5 Å². The van der Waals surface area contributed by atoms with Crippen molar-refractivity contribution in [3.05, 3.63) is 114 Å². The van der Waals surface area contributed by atoms with Crippen molar-refractivity contribution in [1.82, 2.24) is 0 Å². The van der Waals surface area contributed by atoms with Crippen molar-refractivity contribution in [3.8, 4) is 11.5 Å². The van der Waals surface area contributed by atoms with Crippen molar-refractivity contribution < 1.29 is 23.5 Å². The summed E-state index contributed by atoms with van der Waals surface area (Å²) in [5.74, 6) is 1.64. The highest BCUT2D eigenvalue weighted by molar-refractivity contribution is 6.05. The van der Waals surface area contributed by atoms with E-state index >= 15 is 0 Å². The van der Waals surface area contributed by atoms with Gasteiger partial charge in [0.2, 0.25) is 12.3 Å². The van der Waals surface area contributed by atoms with Crippen LogP contribution in [-0.4, -0.2) is 25.5 Å². The van der Waals surface area contributed by atoms with Crippen LogP contribution in [-0.2, 0) is 11.4 Å². The lowest BCUT2D eigenvalue weighted by Gasteiger charge is -2.14. The Morgan fingerprint density at radius 1 is 0.875 bits per heavy atom. The summed E-state index contributed by atoms with van der Waals surface area (Å²) in [5, 5.41) is 3.70. The van der Waals surface area contributed by atoms with Gasteiger partial charge in [0.1, 0.15) is 23.7 Å². The monoisotopic (exact) mass is 535 g/mol. The van der Waals surface area contributed by atoms with Crippen LogP contribution in [0.4, 0.5) is 17.3 Å². The van der Waals surface area contributed by atoms with Crippen LogP contribution in [0.2, 0.25) is 0 Å². The molecule has 202 valence electrons. The molecule has 8 nitrogen and oxygen atoms in total. The summed E-state index contributed by atoms with van der Waals surface area (Å²) in [5.41, 5.74) is 9.10. The third kappa shape index (κ3) is 6.60. The Balaban J connectivity index is 1.11. The molecule has 40 heavy (non-hydrogen) atoms. The summed E-state index contributed by atoms with van der Waals surface area (Å²) in [6, 6.07) is 31.3. The largest absolute Gasteiger partial charge is 0.494 e. The molecule has 0 saturated heterocycles. The molecule has 0 fully saturated rings. The van der Waals surface area contributed by atoms with Gasteiger partial charge in [0.15, 0.2) is 0 Å². The number of para-hydroxylation sites is 3. The minimum atomic E-state index is -0.257. The number of anilines is 3. The van der Waals surface area contributed by atoms with Crippen molar-refractivity contribution in [1.29, 1.82) is 0 Å². The zero-order valence-electron chi connectivity index (χ0n) is 21.8. The normalized spacial score (nSPS) is 10.7. The standard InChI is InChI=1S/C32H29N3O5/c33-28-9-4-5-10-29(28)34-32(37)24-13-15-27(16-14-24)38-18-6-17-35(22-36)31-20-25-12-11-23(19-30(25)40-31)21-39-26-7-2-1-3-8-26/h1-5,7-16,19-20,22H,6,17-18,21,33H2,(H,34,37). The minimum absolute atomic E-state index is 0.257. The predicted molar refractivity (Wildman–Crippen MR) is 156 cm³/mol. The maximum atomic E-state index is 12.5. The average molecular weight is 536 g/mol. The molecule has 0 radical (unpaired) electrons. The number of benzene rings is 4. The van der Waals surface area contributed by atoms with E-state index in [2.05, 4.69) is 5.32 Å². The molecule has 5 rings (SSSR count). The average Bonchev–Trinajstić information content (AvgIpc) is 3.41. The number of nitrogen functional groups attached to an aromatic ring is 1. The molecule has 0 unspecified atom stereocenters. The maximum absolute atomic E-state index is 12.5. The molecule has 0 aliphatic carbocycles. The summed E-state index contributed by atoms with van der Waals surface area (Å²) in [6.45, 7) is 1.22. The van der Waals surface area contributed by atoms with Gasteiger partial charge in [-0.15, -0.1) is 0 Å². The second kappa shape index (κ2) is 12.5. The van der Waals surface area contributed by atoms with Gasteiger partial charge in [0.05, 0.1) is 18.0 Å². The fourth-order valence-electron chi connectivity index (χ4n) is 4.12.